The van der Waals surface area contributed by atoms with Gasteiger partial charge in [0, 0.05) is 12.5 Å². The zero-order valence-electron chi connectivity index (χ0n) is 26.4. The van der Waals surface area contributed by atoms with E-state index >= 15 is 0 Å². The monoisotopic (exact) mass is 606 g/mol. The molecule has 0 aliphatic heterocycles. The number of ether oxygens (including phenoxy) is 1. The maximum absolute atomic E-state index is 13.7. The average Bonchev–Trinajstić information content (AvgIpc) is 3.09. The number of hydrogen-bond acceptors (Lipinski definition) is 6. The van der Waals surface area contributed by atoms with Crippen molar-refractivity contribution in [3.63, 3.8) is 0 Å². The number of carbonyl (C=O) groups is 2. The Balaban J connectivity index is 0.00000484. The molecule has 4 fully saturated rings. The van der Waals surface area contributed by atoms with Crippen molar-refractivity contribution in [1.29, 1.82) is 0 Å². The second-order valence-electron chi connectivity index (χ2n) is 14.3. The minimum absolute atomic E-state index is 0. The van der Waals surface area contributed by atoms with Crippen LogP contribution >= 0.6 is 0 Å². The Bertz CT molecular complexity index is 1150. The first kappa shape index (κ1) is 35.6. The number of rotatable bonds is 5. The summed E-state index contributed by atoms with van der Waals surface area (Å²) in [4.78, 5) is 24.8. The van der Waals surface area contributed by atoms with E-state index < -0.39 is 65.5 Å². The molecule has 0 bridgehead atoms. The molecule has 4 aliphatic carbocycles. The molecule has 0 radical (unpaired) electrons. The number of carbonyl (C=O) groups excluding carboxylic acids is 2. The van der Waals surface area contributed by atoms with Crippen molar-refractivity contribution in [2.45, 2.75) is 124 Å². The molecule has 2 N–H and O–H groups in total. The summed E-state index contributed by atoms with van der Waals surface area (Å²) in [6.07, 6.45) is -4.06. The zero-order chi connectivity index (χ0) is 30.9. The summed E-state index contributed by atoms with van der Waals surface area (Å²) >= 11 is 0. The van der Waals surface area contributed by atoms with Crippen LogP contribution in [0.4, 0.5) is 13.2 Å². The van der Waals surface area contributed by atoms with Crippen LogP contribution in [0, 0.1) is 39.9 Å². The molecule has 0 heterocycles. The van der Waals surface area contributed by atoms with E-state index in [2.05, 4.69) is 27.7 Å². The van der Waals surface area contributed by atoms with Crippen LogP contribution < -0.4 is 34.7 Å². The summed E-state index contributed by atoms with van der Waals surface area (Å²) in [7, 11) is 0. The molecule has 0 aromatic rings. The molecular weight excluding hydrogens is 560 g/mol. The van der Waals surface area contributed by atoms with Crippen molar-refractivity contribution in [1.82, 2.24) is 0 Å². The first-order valence-electron chi connectivity index (χ1n) is 15.0. The van der Waals surface area contributed by atoms with Crippen LogP contribution in [-0.4, -0.2) is 46.6 Å². The molecule has 42 heavy (non-hydrogen) atoms. The molecule has 4 saturated carbocycles. The van der Waals surface area contributed by atoms with Crippen molar-refractivity contribution in [3.05, 3.63) is 22.3 Å². The molecule has 0 aromatic carbocycles. The second-order valence-corrected chi connectivity index (χ2v) is 14.3. The number of aliphatic carboxylic acids is 1. The van der Waals surface area contributed by atoms with Gasteiger partial charge in [0.15, 0.2) is 0 Å². The van der Waals surface area contributed by atoms with Crippen LogP contribution in [0.1, 0.15) is 99.8 Å². The largest absolute Gasteiger partial charge is 1.00 e. The maximum Gasteiger partial charge on any atom is 1.00 e. The second kappa shape index (κ2) is 12.1. The fourth-order valence-corrected chi connectivity index (χ4v) is 10.2. The number of aliphatic hydroxyl groups excluding tert-OH is 2. The van der Waals surface area contributed by atoms with Gasteiger partial charge >= 0.3 is 41.7 Å². The van der Waals surface area contributed by atoms with Gasteiger partial charge in [-0.25, -0.2) is 0 Å². The Labute approximate surface area is 269 Å². The minimum Gasteiger partial charge on any atom is -0.545 e. The summed E-state index contributed by atoms with van der Waals surface area (Å²) in [6, 6.07) is 0. The third-order valence-electron chi connectivity index (χ3n) is 12.2. The minimum atomic E-state index is -4.60. The van der Waals surface area contributed by atoms with Crippen LogP contribution in [0.25, 0.3) is 0 Å². The third kappa shape index (κ3) is 5.67. The number of aliphatic hydroxyl groups is 2. The molecule has 4 rings (SSSR count). The van der Waals surface area contributed by atoms with E-state index in [1.165, 1.54) is 20.8 Å². The number of esters is 1. The van der Waals surface area contributed by atoms with E-state index in [1.54, 1.807) is 0 Å². The van der Waals surface area contributed by atoms with Crippen molar-refractivity contribution < 1.29 is 72.4 Å². The topological polar surface area (TPSA) is 107 Å². The molecule has 0 amide bonds. The molecule has 1 unspecified atom stereocenters. The Morgan fingerprint density at radius 3 is 2.14 bits per heavy atom. The standard InChI is InChI=1S/C32H47F3O6.Na/c1-16(2)20(32(33,34)35)9-8-19(28(39)40)26-22-14-24(38)27-29(5)12-11-23(37)17(3)21(29)10-13-30(27,6)31(22,7)15-25(26)41-18(4)36;/h17,21-25,27,37-38H,8-15H2,1-7H3,(H,39,40);/q;+1/p-1/b26-19-;/t17-,21-,22-,23+,24+,25-,27?,29-,30-,31-;/m0./s1. The fourth-order valence-electron chi connectivity index (χ4n) is 10.2. The van der Waals surface area contributed by atoms with Gasteiger partial charge in [-0.2, -0.15) is 13.2 Å². The quantitative estimate of drug-likeness (QED) is 0.215. The molecule has 0 spiro atoms. The average molecular weight is 607 g/mol. The smallest absolute Gasteiger partial charge is 0.545 e. The molecule has 10 atom stereocenters. The molecule has 232 valence electrons. The van der Waals surface area contributed by atoms with Crippen molar-refractivity contribution >= 4 is 11.9 Å². The summed E-state index contributed by atoms with van der Waals surface area (Å²) < 4.78 is 46.9. The summed E-state index contributed by atoms with van der Waals surface area (Å²) in [5.41, 5.74) is -1.95. The molecular formula is C32H46F3NaO6. The van der Waals surface area contributed by atoms with Gasteiger partial charge in [0.05, 0.1) is 18.2 Å². The molecule has 6 nitrogen and oxygen atoms in total. The summed E-state index contributed by atoms with van der Waals surface area (Å²) in [6.45, 7) is 12.5. The van der Waals surface area contributed by atoms with E-state index in [-0.39, 0.29) is 76.4 Å². The predicted molar refractivity (Wildman–Crippen MR) is 145 cm³/mol. The Kier molecular flexibility index (Phi) is 10.3. The van der Waals surface area contributed by atoms with Gasteiger partial charge in [-0.3, -0.25) is 4.79 Å². The first-order chi connectivity index (χ1) is 18.8. The molecule has 4 aliphatic rings. The third-order valence-corrected chi connectivity index (χ3v) is 12.2. The van der Waals surface area contributed by atoms with Gasteiger partial charge in [0.1, 0.15) is 6.10 Å². The maximum atomic E-state index is 13.7. The Hall–Kier alpha value is -0.870. The van der Waals surface area contributed by atoms with Crippen molar-refractivity contribution in [3.8, 4) is 0 Å². The van der Waals surface area contributed by atoms with Crippen LogP contribution in [0.5, 0.6) is 0 Å². The summed E-state index contributed by atoms with van der Waals surface area (Å²) in [5.74, 6) is -2.47. The van der Waals surface area contributed by atoms with Gasteiger partial charge in [-0.05, 0) is 116 Å². The van der Waals surface area contributed by atoms with Crippen molar-refractivity contribution in [2.75, 3.05) is 0 Å². The normalized spacial score (nSPS) is 42.3. The van der Waals surface area contributed by atoms with E-state index in [1.807, 2.05) is 0 Å². The Morgan fingerprint density at radius 1 is 1.00 bits per heavy atom. The van der Waals surface area contributed by atoms with Crippen LogP contribution in [-0.2, 0) is 14.3 Å². The number of alkyl halides is 3. The number of carboxylic acid groups (broad SMARTS) is 1. The van der Waals surface area contributed by atoms with E-state index in [9.17, 15) is 38.1 Å². The first-order valence-corrected chi connectivity index (χ1v) is 15.0. The molecule has 0 saturated heterocycles. The van der Waals surface area contributed by atoms with Gasteiger partial charge < -0.3 is 24.9 Å². The van der Waals surface area contributed by atoms with E-state index in [0.29, 0.717) is 18.4 Å². The SMILES string of the molecule is CC(=O)O[C@H]1C[C@@]2(C)[C@@H](C[C@@H](O)C3[C@]2(C)CC[C@H]2[C@H](C)[C@H](O)CC[C@]32C)/C1=C(\CCC(=C(C)C)C(F)(F)F)C(=O)[O-].[Na+]. The number of carboxylic acids is 1. The summed E-state index contributed by atoms with van der Waals surface area (Å²) in [5, 5.41) is 35.1. The molecule has 10 heteroatoms. The van der Waals surface area contributed by atoms with Gasteiger partial charge in [-0.1, -0.05) is 33.3 Å². The van der Waals surface area contributed by atoms with Crippen molar-refractivity contribution in [2.24, 2.45) is 39.9 Å². The zero-order valence-corrected chi connectivity index (χ0v) is 28.4. The van der Waals surface area contributed by atoms with Gasteiger partial charge in [-0.15, -0.1) is 0 Å². The van der Waals surface area contributed by atoms with Gasteiger partial charge in [0.2, 0.25) is 0 Å². The number of halogens is 3. The fraction of sp³-hybridized carbons (Fsp3) is 0.812. The number of allylic oxidation sites excluding steroid dienone is 2. The predicted octanol–water partition coefficient (Wildman–Crippen LogP) is 2.27. The van der Waals surface area contributed by atoms with Crippen LogP contribution in [0.15, 0.2) is 22.3 Å². The number of hydrogen-bond donors (Lipinski definition) is 2. The van der Waals surface area contributed by atoms with Crippen LogP contribution in [0.3, 0.4) is 0 Å². The van der Waals surface area contributed by atoms with Crippen LogP contribution in [0.2, 0.25) is 0 Å². The van der Waals surface area contributed by atoms with E-state index in [4.69, 9.17) is 4.74 Å². The van der Waals surface area contributed by atoms with E-state index in [0.717, 1.165) is 19.3 Å². The molecule has 0 aromatic heterocycles. The Morgan fingerprint density at radius 2 is 1.62 bits per heavy atom. The van der Waals surface area contributed by atoms with Gasteiger partial charge in [0.25, 0.3) is 0 Å². The number of fused-ring (bicyclic) bond motifs is 5.